The second-order valence-corrected chi connectivity index (χ2v) is 11.5. The van der Waals surface area contributed by atoms with Crippen molar-refractivity contribution >= 4 is 23.8 Å². The summed E-state index contributed by atoms with van der Waals surface area (Å²) in [6.07, 6.45) is -0.950. The predicted molar refractivity (Wildman–Crippen MR) is 140 cm³/mol. The van der Waals surface area contributed by atoms with Gasteiger partial charge in [-0.25, -0.2) is 4.79 Å². The molecule has 0 aromatic heterocycles. The molecule has 0 radical (unpaired) electrons. The van der Waals surface area contributed by atoms with Gasteiger partial charge in [-0.05, 0) is 92.3 Å². The molecule has 2 atom stereocenters. The van der Waals surface area contributed by atoms with E-state index in [1.807, 2.05) is 52.8 Å². The average molecular weight is 505 g/mol. The first kappa shape index (κ1) is 30.9. The summed E-state index contributed by atoms with van der Waals surface area (Å²) in [5.74, 6) is -1.46. The van der Waals surface area contributed by atoms with Gasteiger partial charge in [0.05, 0.1) is 0 Å². The molecule has 4 amide bonds. The van der Waals surface area contributed by atoms with Crippen LogP contribution in [0.1, 0.15) is 91.0 Å². The molecule has 9 nitrogen and oxygen atoms in total. The molecule has 2 unspecified atom stereocenters. The first-order valence-corrected chi connectivity index (χ1v) is 12.3. The fraction of sp³-hybridized carbons (Fsp3) is 0.630. The molecule has 0 aliphatic carbocycles. The lowest BCUT2D eigenvalue weighted by molar-refractivity contribution is -0.145. The zero-order chi connectivity index (χ0) is 28.0. The van der Waals surface area contributed by atoms with E-state index in [1.165, 1.54) is 4.90 Å². The Labute approximate surface area is 215 Å². The van der Waals surface area contributed by atoms with Gasteiger partial charge in [-0.3, -0.25) is 14.4 Å². The number of nitrogens with two attached hydrogens (primary N) is 1. The van der Waals surface area contributed by atoms with Crippen molar-refractivity contribution in [3.8, 4) is 0 Å². The van der Waals surface area contributed by atoms with Crippen molar-refractivity contribution in [1.29, 1.82) is 0 Å². The molecule has 0 bridgehead atoms. The van der Waals surface area contributed by atoms with Gasteiger partial charge in [0, 0.05) is 18.0 Å². The van der Waals surface area contributed by atoms with Crippen LogP contribution in [0.15, 0.2) is 18.2 Å². The summed E-state index contributed by atoms with van der Waals surface area (Å²) < 4.78 is 5.34. The number of carbonyl (C=O) groups is 4. The maximum atomic E-state index is 14.0. The number of benzene rings is 1. The van der Waals surface area contributed by atoms with Crippen molar-refractivity contribution < 1.29 is 23.9 Å². The van der Waals surface area contributed by atoms with Crippen LogP contribution in [0.4, 0.5) is 4.79 Å². The Morgan fingerprint density at radius 1 is 1.03 bits per heavy atom. The van der Waals surface area contributed by atoms with Crippen LogP contribution < -0.4 is 16.4 Å². The van der Waals surface area contributed by atoms with E-state index < -0.39 is 47.2 Å². The lowest BCUT2D eigenvalue weighted by Crippen LogP contribution is -2.56. The predicted octanol–water partition coefficient (Wildman–Crippen LogP) is 3.66. The van der Waals surface area contributed by atoms with Crippen molar-refractivity contribution in [3.05, 3.63) is 34.9 Å². The summed E-state index contributed by atoms with van der Waals surface area (Å²) in [7, 11) is 0. The third-order valence-electron chi connectivity index (χ3n) is 5.45. The van der Waals surface area contributed by atoms with E-state index in [1.54, 1.807) is 34.6 Å². The molecule has 36 heavy (non-hydrogen) atoms. The Kier molecular flexibility index (Phi) is 10.5. The first-order valence-electron chi connectivity index (χ1n) is 12.3. The second-order valence-electron chi connectivity index (χ2n) is 11.5. The largest absolute Gasteiger partial charge is 0.444 e. The minimum absolute atomic E-state index is 0.0307. The zero-order valence-electron chi connectivity index (χ0n) is 23.4. The molecule has 0 aliphatic heterocycles. The molecular formula is C27H44N4O5. The number of aryl methyl sites for hydroxylation is 1. The number of amides is 4. The maximum Gasteiger partial charge on any atom is 0.408 e. The van der Waals surface area contributed by atoms with E-state index in [0.717, 1.165) is 11.1 Å². The number of hydrogen-bond acceptors (Lipinski definition) is 5. The summed E-state index contributed by atoms with van der Waals surface area (Å²) in [5, 5.41) is 5.59. The van der Waals surface area contributed by atoms with E-state index in [-0.39, 0.29) is 18.7 Å². The summed E-state index contributed by atoms with van der Waals surface area (Å²) in [5.41, 5.74) is 6.57. The molecule has 0 heterocycles. The lowest BCUT2D eigenvalue weighted by atomic mass is 9.93. The van der Waals surface area contributed by atoms with E-state index in [9.17, 15) is 19.2 Å². The van der Waals surface area contributed by atoms with Crippen LogP contribution in [0.2, 0.25) is 0 Å². The van der Waals surface area contributed by atoms with Gasteiger partial charge >= 0.3 is 6.09 Å². The third-order valence-corrected chi connectivity index (χ3v) is 5.45. The number of nitrogens with one attached hydrogen (secondary N) is 2. The quantitative estimate of drug-likeness (QED) is 0.472. The van der Waals surface area contributed by atoms with Crippen LogP contribution in [-0.2, 0) is 19.1 Å². The lowest BCUT2D eigenvalue weighted by Gasteiger charge is -2.39. The van der Waals surface area contributed by atoms with Gasteiger partial charge in [-0.1, -0.05) is 18.2 Å². The minimum Gasteiger partial charge on any atom is -0.444 e. The number of ether oxygens (including phenoxy) is 1. The van der Waals surface area contributed by atoms with E-state index >= 15 is 0 Å². The average Bonchev–Trinajstić information content (AvgIpc) is 2.68. The normalized spacial score (nSPS) is 13.5. The Bertz CT molecular complexity index is 960. The fourth-order valence-corrected chi connectivity index (χ4v) is 3.78. The van der Waals surface area contributed by atoms with Gasteiger partial charge in [0.15, 0.2) is 0 Å². The molecule has 0 saturated carbocycles. The summed E-state index contributed by atoms with van der Waals surface area (Å²) in [4.78, 5) is 53.3. The molecular weight excluding hydrogens is 460 g/mol. The highest BCUT2D eigenvalue weighted by molar-refractivity contribution is 5.93. The van der Waals surface area contributed by atoms with Crippen LogP contribution in [0.25, 0.3) is 0 Å². The second kappa shape index (κ2) is 12.2. The molecule has 1 aromatic rings. The van der Waals surface area contributed by atoms with Gasteiger partial charge in [0.1, 0.15) is 17.7 Å². The molecule has 1 rings (SSSR count). The molecule has 1 aromatic carbocycles. The highest BCUT2D eigenvalue weighted by atomic mass is 16.6. The topological polar surface area (TPSA) is 131 Å². The number of rotatable bonds is 9. The Hall–Kier alpha value is -3.10. The molecule has 0 aliphatic rings. The molecule has 202 valence electrons. The Balaban J connectivity index is 3.59. The van der Waals surface area contributed by atoms with Crippen molar-refractivity contribution in [3.63, 3.8) is 0 Å². The molecule has 0 spiro atoms. The highest BCUT2D eigenvalue weighted by Crippen LogP contribution is 2.30. The van der Waals surface area contributed by atoms with Crippen LogP contribution in [0, 0.1) is 13.8 Å². The van der Waals surface area contributed by atoms with Crippen LogP contribution in [-0.4, -0.2) is 51.9 Å². The molecule has 4 N–H and O–H groups in total. The van der Waals surface area contributed by atoms with Crippen LogP contribution in [0.5, 0.6) is 0 Å². The van der Waals surface area contributed by atoms with Gasteiger partial charge in [0.2, 0.25) is 17.7 Å². The number of alkyl carbamates (subject to hydrolysis) is 1. The standard InChI is InChI=1S/C27H44N4O5/c1-16(2)31(24(34)20(14-15-21(28)32)29-25(35)36-27(8,9)10)22(23(33)30-26(5,6)7)19-13-11-12-17(3)18(19)4/h11-13,16,20,22H,14-15H2,1-10H3,(H2,28,32)(H,29,35)(H,30,33). The SMILES string of the molecule is Cc1cccc(C(C(=O)NC(C)(C)C)N(C(=O)C(CCC(N)=O)NC(=O)OC(C)(C)C)C(C)C)c1C. The smallest absolute Gasteiger partial charge is 0.408 e. The van der Waals surface area contributed by atoms with Gasteiger partial charge < -0.3 is 26.0 Å². The summed E-state index contributed by atoms with van der Waals surface area (Å²) in [6, 6.07) is 3.13. The summed E-state index contributed by atoms with van der Waals surface area (Å²) in [6.45, 7) is 18.2. The van der Waals surface area contributed by atoms with Crippen molar-refractivity contribution in [2.45, 2.75) is 111 Å². The van der Waals surface area contributed by atoms with E-state index in [0.29, 0.717) is 5.56 Å². The Morgan fingerprint density at radius 3 is 2.08 bits per heavy atom. The van der Waals surface area contributed by atoms with E-state index in [4.69, 9.17) is 10.5 Å². The first-order chi connectivity index (χ1) is 16.3. The van der Waals surface area contributed by atoms with Crippen molar-refractivity contribution in [2.75, 3.05) is 0 Å². The Morgan fingerprint density at radius 2 is 1.61 bits per heavy atom. The van der Waals surface area contributed by atoms with Crippen LogP contribution in [0.3, 0.4) is 0 Å². The molecule has 0 saturated heterocycles. The number of nitrogens with zero attached hydrogens (tertiary/aromatic N) is 1. The fourth-order valence-electron chi connectivity index (χ4n) is 3.78. The molecule has 9 heteroatoms. The van der Waals surface area contributed by atoms with Gasteiger partial charge in [0.25, 0.3) is 0 Å². The maximum absolute atomic E-state index is 14.0. The number of hydrogen-bond donors (Lipinski definition) is 3. The highest BCUT2D eigenvalue weighted by Gasteiger charge is 2.39. The van der Waals surface area contributed by atoms with Crippen molar-refractivity contribution in [1.82, 2.24) is 15.5 Å². The minimum atomic E-state index is -1.12. The van der Waals surface area contributed by atoms with Gasteiger partial charge in [-0.15, -0.1) is 0 Å². The molecule has 0 fully saturated rings. The van der Waals surface area contributed by atoms with Crippen LogP contribution >= 0.6 is 0 Å². The third kappa shape index (κ3) is 9.51. The monoisotopic (exact) mass is 504 g/mol. The summed E-state index contributed by atoms with van der Waals surface area (Å²) >= 11 is 0. The number of primary amides is 1. The van der Waals surface area contributed by atoms with Crippen molar-refractivity contribution in [2.24, 2.45) is 5.73 Å². The van der Waals surface area contributed by atoms with E-state index in [2.05, 4.69) is 10.6 Å². The number of carbonyl (C=O) groups excluding carboxylic acids is 4. The zero-order valence-corrected chi connectivity index (χ0v) is 23.4. The van der Waals surface area contributed by atoms with Gasteiger partial charge in [-0.2, -0.15) is 0 Å².